The van der Waals surface area contributed by atoms with Crippen molar-refractivity contribution in [3.8, 4) is 0 Å². The van der Waals surface area contributed by atoms with Crippen LogP contribution in [0.2, 0.25) is 0 Å². The molecule has 0 spiro atoms. The number of likely N-dealkylation sites (tertiary alicyclic amines) is 1. The third kappa shape index (κ3) is 2.10. The maximum absolute atomic E-state index is 2.93. The van der Waals surface area contributed by atoms with E-state index in [9.17, 15) is 0 Å². The van der Waals surface area contributed by atoms with E-state index < -0.39 is 0 Å². The highest BCUT2D eigenvalue weighted by atomic mass is 16.0. The number of piperidine rings is 1. The molecule has 5 N–H and O–H groups in total. The predicted octanol–water partition coefficient (Wildman–Crippen LogP) is 2.78. The SMILES string of the molecule is C1CCN(C23CC4CC(CC(C4)C2)C3)CC1.N.O. The van der Waals surface area contributed by atoms with Gasteiger partial charge >= 0.3 is 0 Å². The molecule has 1 saturated heterocycles. The number of hydrogen-bond acceptors (Lipinski definition) is 2. The summed E-state index contributed by atoms with van der Waals surface area (Å²) in [4.78, 5) is 2.93. The highest BCUT2D eigenvalue weighted by molar-refractivity contribution is 5.07. The van der Waals surface area contributed by atoms with Gasteiger partial charge in [0.05, 0.1) is 0 Å². The quantitative estimate of drug-likeness (QED) is 0.781. The van der Waals surface area contributed by atoms with E-state index in [4.69, 9.17) is 0 Å². The summed E-state index contributed by atoms with van der Waals surface area (Å²) in [7, 11) is 0. The zero-order valence-electron chi connectivity index (χ0n) is 11.7. The zero-order valence-corrected chi connectivity index (χ0v) is 11.7. The van der Waals surface area contributed by atoms with E-state index in [1.54, 1.807) is 38.5 Å². The molecule has 0 aromatic carbocycles. The molecule has 0 aromatic rings. The van der Waals surface area contributed by atoms with Crippen LogP contribution in [0.25, 0.3) is 0 Å². The lowest BCUT2D eigenvalue weighted by molar-refractivity contribution is -0.0941. The van der Waals surface area contributed by atoms with E-state index in [2.05, 4.69) is 4.90 Å². The number of hydrogen-bond donors (Lipinski definition) is 1. The Morgan fingerprint density at radius 2 is 1.17 bits per heavy atom. The Balaban J connectivity index is 0.000000602. The summed E-state index contributed by atoms with van der Waals surface area (Å²) in [6.45, 7) is 2.85. The summed E-state index contributed by atoms with van der Waals surface area (Å²) in [6.07, 6.45) is 13.9. The molecule has 18 heavy (non-hydrogen) atoms. The second-order valence-electron chi connectivity index (χ2n) is 7.19. The lowest BCUT2D eigenvalue weighted by Crippen LogP contribution is -2.60. The Bertz CT molecular complexity index is 251. The second kappa shape index (κ2) is 5.10. The molecule has 5 rings (SSSR count). The van der Waals surface area contributed by atoms with Crippen LogP contribution >= 0.6 is 0 Å². The fourth-order valence-electron chi connectivity index (χ4n) is 5.82. The van der Waals surface area contributed by atoms with Gasteiger partial charge in [0.1, 0.15) is 0 Å². The molecule has 0 radical (unpaired) electrons. The minimum atomic E-state index is 0. The molecule has 3 nitrogen and oxygen atoms in total. The molecule has 0 aromatic heterocycles. The first kappa shape index (κ1) is 14.3. The van der Waals surface area contributed by atoms with Gasteiger partial charge in [0.15, 0.2) is 0 Å². The molecule has 4 bridgehead atoms. The Morgan fingerprint density at radius 3 is 1.61 bits per heavy atom. The predicted molar refractivity (Wildman–Crippen MR) is 75.0 cm³/mol. The van der Waals surface area contributed by atoms with Gasteiger partial charge in [-0.15, -0.1) is 0 Å². The maximum Gasteiger partial charge on any atom is 0.0217 e. The van der Waals surface area contributed by atoms with Crippen LogP contribution in [0, 0.1) is 17.8 Å². The molecule has 0 unspecified atom stereocenters. The first-order valence-electron chi connectivity index (χ1n) is 7.59. The Morgan fingerprint density at radius 1 is 0.722 bits per heavy atom. The largest absolute Gasteiger partial charge is 0.412 e. The van der Waals surface area contributed by atoms with Gasteiger partial charge in [0.25, 0.3) is 0 Å². The van der Waals surface area contributed by atoms with Crippen molar-refractivity contribution in [2.24, 2.45) is 17.8 Å². The van der Waals surface area contributed by atoms with Crippen LogP contribution in [0.3, 0.4) is 0 Å². The lowest BCUT2D eigenvalue weighted by atomic mass is 9.52. The molecule has 0 amide bonds. The van der Waals surface area contributed by atoms with Crippen LogP contribution < -0.4 is 6.15 Å². The molecule has 3 heteroatoms. The first-order valence-corrected chi connectivity index (χ1v) is 7.59. The third-order valence-corrected chi connectivity index (χ3v) is 6.03. The molecule has 5 fully saturated rings. The number of rotatable bonds is 1. The summed E-state index contributed by atoms with van der Waals surface area (Å²) in [5.41, 5.74) is 0.704. The summed E-state index contributed by atoms with van der Waals surface area (Å²) in [5.74, 6) is 3.36. The van der Waals surface area contributed by atoms with Crippen LogP contribution in [0.4, 0.5) is 0 Å². The summed E-state index contributed by atoms with van der Waals surface area (Å²) >= 11 is 0. The van der Waals surface area contributed by atoms with Crippen molar-refractivity contribution in [2.45, 2.75) is 63.3 Å². The van der Waals surface area contributed by atoms with E-state index in [-0.39, 0.29) is 11.6 Å². The molecular weight excluding hydrogens is 224 g/mol. The summed E-state index contributed by atoms with van der Waals surface area (Å²) in [6, 6.07) is 0. The van der Waals surface area contributed by atoms with Gasteiger partial charge in [-0.1, -0.05) is 6.42 Å². The van der Waals surface area contributed by atoms with Crippen molar-refractivity contribution in [3.05, 3.63) is 0 Å². The van der Waals surface area contributed by atoms with Gasteiger partial charge in [-0.25, -0.2) is 0 Å². The molecule has 4 saturated carbocycles. The van der Waals surface area contributed by atoms with E-state index in [0.717, 1.165) is 17.8 Å². The zero-order chi connectivity index (χ0) is 10.6. The highest BCUT2D eigenvalue weighted by Gasteiger charge is 2.53. The van der Waals surface area contributed by atoms with Gasteiger partial charge in [-0.3, -0.25) is 4.90 Å². The van der Waals surface area contributed by atoms with Crippen LogP contribution in [0.15, 0.2) is 0 Å². The average molecular weight is 254 g/mol. The highest BCUT2D eigenvalue weighted by Crippen LogP contribution is 2.58. The van der Waals surface area contributed by atoms with E-state index in [0.29, 0.717) is 5.54 Å². The van der Waals surface area contributed by atoms with Gasteiger partial charge in [-0.2, -0.15) is 0 Å². The molecular formula is C15H30N2O. The fourth-order valence-corrected chi connectivity index (χ4v) is 5.82. The van der Waals surface area contributed by atoms with Crippen molar-refractivity contribution < 1.29 is 5.48 Å². The minimum Gasteiger partial charge on any atom is -0.412 e. The lowest BCUT2D eigenvalue weighted by Gasteiger charge is -2.61. The molecule has 1 aliphatic heterocycles. The molecule has 5 aliphatic rings. The Kier molecular flexibility index (Phi) is 4.05. The van der Waals surface area contributed by atoms with E-state index >= 15 is 0 Å². The first-order chi connectivity index (χ1) is 7.84. The third-order valence-electron chi connectivity index (χ3n) is 6.03. The Labute approximate surface area is 111 Å². The maximum atomic E-state index is 2.93. The standard InChI is InChI=1S/C15H25N.H3N.H2O/c1-2-4-16(5-3-1)15-9-12-6-13(10-15)8-14(7-12)11-15;;/h12-14H,1-11H2;1H3;1H2. The fraction of sp³-hybridized carbons (Fsp3) is 1.00. The smallest absolute Gasteiger partial charge is 0.0217 e. The Hall–Kier alpha value is -0.120. The summed E-state index contributed by atoms with van der Waals surface area (Å²) in [5, 5.41) is 0. The molecule has 0 atom stereocenters. The molecule has 4 aliphatic carbocycles. The normalized spacial score (nSPS) is 46.3. The van der Waals surface area contributed by atoms with E-state index in [1.807, 2.05) is 0 Å². The van der Waals surface area contributed by atoms with Crippen molar-refractivity contribution in [1.29, 1.82) is 0 Å². The van der Waals surface area contributed by atoms with Gasteiger partial charge < -0.3 is 11.6 Å². The molecule has 106 valence electrons. The van der Waals surface area contributed by atoms with Gasteiger partial charge in [0.2, 0.25) is 0 Å². The number of nitrogens with zero attached hydrogens (tertiary/aromatic N) is 1. The molecule has 1 heterocycles. The van der Waals surface area contributed by atoms with Crippen molar-refractivity contribution in [1.82, 2.24) is 11.1 Å². The second-order valence-corrected chi connectivity index (χ2v) is 7.19. The van der Waals surface area contributed by atoms with Gasteiger partial charge in [-0.05, 0) is 82.2 Å². The van der Waals surface area contributed by atoms with Gasteiger partial charge in [0, 0.05) is 5.54 Å². The summed E-state index contributed by atoms with van der Waals surface area (Å²) < 4.78 is 0. The van der Waals surface area contributed by atoms with Crippen LogP contribution in [-0.2, 0) is 0 Å². The van der Waals surface area contributed by atoms with Crippen LogP contribution in [-0.4, -0.2) is 29.0 Å². The van der Waals surface area contributed by atoms with Crippen molar-refractivity contribution >= 4 is 0 Å². The monoisotopic (exact) mass is 254 g/mol. The van der Waals surface area contributed by atoms with Crippen molar-refractivity contribution in [3.63, 3.8) is 0 Å². The van der Waals surface area contributed by atoms with Crippen LogP contribution in [0.1, 0.15) is 57.8 Å². The van der Waals surface area contributed by atoms with Crippen molar-refractivity contribution in [2.75, 3.05) is 13.1 Å². The van der Waals surface area contributed by atoms with E-state index in [1.165, 1.54) is 32.4 Å². The minimum absolute atomic E-state index is 0. The van der Waals surface area contributed by atoms with Crippen LogP contribution in [0.5, 0.6) is 0 Å². The average Bonchev–Trinajstić information content (AvgIpc) is 2.28. The topological polar surface area (TPSA) is 69.7 Å².